The molecule has 0 aliphatic carbocycles. The first-order chi connectivity index (χ1) is 12.2. The van der Waals surface area contributed by atoms with Gasteiger partial charge in [-0.05, 0) is 12.8 Å². The SMILES string of the molecule is CCCCCCCCCCCCCCCCCC(=O)CC[C@@H](O)CO. The van der Waals surface area contributed by atoms with Crippen molar-refractivity contribution >= 4 is 5.78 Å². The van der Waals surface area contributed by atoms with Gasteiger partial charge < -0.3 is 10.2 Å². The molecule has 2 N–H and O–H groups in total. The van der Waals surface area contributed by atoms with Gasteiger partial charge in [0.05, 0.1) is 12.7 Å². The van der Waals surface area contributed by atoms with Crippen molar-refractivity contribution in [2.45, 2.75) is 129 Å². The molecule has 25 heavy (non-hydrogen) atoms. The number of rotatable bonds is 20. The second-order valence-electron chi connectivity index (χ2n) is 7.61. The molecule has 0 rings (SSSR count). The van der Waals surface area contributed by atoms with Gasteiger partial charge in [-0.2, -0.15) is 0 Å². The van der Waals surface area contributed by atoms with E-state index in [4.69, 9.17) is 5.11 Å². The number of carbonyl (C=O) groups excluding carboxylic acids is 1. The number of Topliss-reactive ketones (excluding diaryl/α,β-unsaturated/α-hetero) is 1. The molecule has 0 unspecified atom stereocenters. The molecule has 150 valence electrons. The summed E-state index contributed by atoms with van der Waals surface area (Å²) in [5.74, 6) is 0.224. The Bertz CT molecular complexity index is 278. The molecule has 0 spiro atoms. The van der Waals surface area contributed by atoms with E-state index in [0.29, 0.717) is 19.3 Å². The second-order valence-corrected chi connectivity index (χ2v) is 7.61. The number of unbranched alkanes of at least 4 members (excludes halogenated alkanes) is 14. The Morgan fingerprint density at radius 1 is 0.680 bits per heavy atom. The third-order valence-corrected chi connectivity index (χ3v) is 5.03. The van der Waals surface area contributed by atoms with Crippen molar-refractivity contribution < 1.29 is 15.0 Å². The highest BCUT2D eigenvalue weighted by atomic mass is 16.3. The third kappa shape index (κ3) is 19.8. The number of ketones is 1. The zero-order chi connectivity index (χ0) is 18.6. The minimum Gasteiger partial charge on any atom is -0.394 e. The Labute approximate surface area is 156 Å². The van der Waals surface area contributed by atoms with Crippen molar-refractivity contribution in [1.29, 1.82) is 0 Å². The number of aliphatic hydroxyl groups is 2. The molecule has 0 aliphatic rings. The van der Waals surface area contributed by atoms with Gasteiger partial charge >= 0.3 is 0 Å². The molecule has 0 aromatic carbocycles. The summed E-state index contributed by atoms with van der Waals surface area (Å²) in [6.07, 6.45) is 20.7. The minimum absolute atomic E-state index is 0.224. The van der Waals surface area contributed by atoms with Crippen molar-refractivity contribution in [2.24, 2.45) is 0 Å². The molecule has 0 heterocycles. The van der Waals surface area contributed by atoms with Crippen LogP contribution in [0.5, 0.6) is 0 Å². The number of aliphatic hydroxyl groups excluding tert-OH is 2. The number of hydrogen-bond acceptors (Lipinski definition) is 3. The van der Waals surface area contributed by atoms with E-state index in [-0.39, 0.29) is 12.4 Å². The van der Waals surface area contributed by atoms with Gasteiger partial charge in [-0.25, -0.2) is 0 Å². The molecule has 0 aromatic heterocycles. The van der Waals surface area contributed by atoms with Crippen molar-refractivity contribution in [3.63, 3.8) is 0 Å². The maximum atomic E-state index is 11.6. The Morgan fingerprint density at radius 3 is 1.48 bits per heavy atom. The maximum absolute atomic E-state index is 11.6. The lowest BCUT2D eigenvalue weighted by Crippen LogP contribution is -2.13. The average Bonchev–Trinajstić information content (AvgIpc) is 2.62. The summed E-state index contributed by atoms with van der Waals surface area (Å²) in [6.45, 7) is 2.03. The van der Waals surface area contributed by atoms with Crippen LogP contribution in [0.4, 0.5) is 0 Å². The van der Waals surface area contributed by atoms with Crippen molar-refractivity contribution in [3.8, 4) is 0 Å². The van der Waals surface area contributed by atoms with Crippen LogP contribution in [0.25, 0.3) is 0 Å². The number of carbonyl (C=O) groups is 1. The molecule has 0 saturated heterocycles. The van der Waals surface area contributed by atoms with Crippen LogP contribution < -0.4 is 0 Å². The lowest BCUT2D eigenvalue weighted by molar-refractivity contribution is -0.119. The first-order valence-electron chi connectivity index (χ1n) is 11.0. The Morgan fingerprint density at radius 2 is 1.08 bits per heavy atom. The van der Waals surface area contributed by atoms with Crippen LogP contribution in [0.2, 0.25) is 0 Å². The highest BCUT2D eigenvalue weighted by Crippen LogP contribution is 2.14. The molecule has 1 atom stereocenters. The number of hydrogen-bond donors (Lipinski definition) is 2. The summed E-state index contributed by atoms with van der Waals surface area (Å²) in [4.78, 5) is 11.6. The molecular formula is C22H44O3. The van der Waals surface area contributed by atoms with E-state index < -0.39 is 6.10 Å². The third-order valence-electron chi connectivity index (χ3n) is 5.03. The quantitative estimate of drug-likeness (QED) is 0.265. The highest BCUT2D eigenvalue weighted by Gasteiger charge is 2.06. The van der Waals surface area contributed by atoms with Crippen LogP contribution in [0.3, 0.4) is 0 Å². The summed E-state index contributed by atoms with van der Waals surface area (Å²) < 4.78 is 0. The van der Waals surface area contributed by atoms with E-state index in [1.54, 1.807) is 0 Å². The van der Waals surface area contributed by atoms with Gasteiger partial charge in [-0.3, -0.25) is 4.79 Å². The van der Waals surface area contributed by atoms with E-state index in [1.807, 2.05) is 0 Å². The normalized spacial score (nSPS) is 12.4. The van der Waals surface area contributed by atoms with E-state index in [0.717, 1.165) is 12.8 Å². The summed E-state index contributed by atoms with van der Waals surface area (Å²) in [6, 6.07) is 0. The predicted molar refractivity (Wildman–Crippen MR) is 107 cm³/mol. The minimum atomic E-state index is -0.731. The molecule has 0 aliphatic heterocycles. The van der Waals surface area contributed by atoms with Crippen LogP contribution >= 0.6 is 0 Å². The first kappa shape index (κ1) is 24.6. The average molecular weight is 357 g/mol. The maximum Gasteiger partial charge on any atom is 0.133 e. The fraction of sp³-hybridized carbons (Fsp3) is 0.955. The summed E-state index contributed by atoms with van der Waals surface area (Å²) in [7, 11) is 0. The smallest absolute Gasteiger partial charge is 0.133 e. The molecule has 3 nitrogen and oxygen atoms in total. The van der Waals surface area contributed by atoms with E-state index in [9.17, 15) is 9.90 Å². The van der Waals surface area contributed by atoms with Crippen LogP contribution in [0.15, 0.2) is 0 Å². The van der Waals surface area contributed by atoms with Gasteiger partial charge in [-0.15, -0.1) is 0 Å². The van der Waals surface area contributed by atoms with E-state index >= 15 is 0 Å². The Balaban J connectivity index is 3.12. The molecule has 0 fully saturated rings. The molecule has 0 saturated carbocycles. The zero-order valence-corrected chi connectivity index (χ0v) is 16.8. The highest BCUT2D eigenvalue weighted by molar-refractivity contribution is 5.78. The standard InChI is InChI=1S/C22H44O3/c1-2-3-4-5-6-7-8-9-10-11-12-13-14-15-16-17-21(24)18-19-22(25)20-23/h22-23,25H,2-20H2,1H3/t22-/m1/s1. The Kier molecular flexibility index (Phi) is 19.6. The molecule has 0 bridgehead atoms. The van der Waals surface area contributed by atoms with Gasteiger partial charge in [0, 0.05) is 12.8 Å². The fourth-order valence-corrected chi connectivity index (χ4v) is 3.24. The van der Waals surface area contributed by atoms with Crippen LogP contribution in [0, 0.1) is 0 Å². The predicted octanol–water partition coefficient (Wildman–Crippen LogP) is 5.95. The van der Waals surface area contributed by atoms with Gasteiger partial charge in [0.2, 0.25) is 0 Å². The summed E-state index contributed by atoms with van der Waals surface area (Å²) in [5.41, 5.74) is 0. The lowest BCUT2D eigenvalue weighted by atomic mass is 10.0. The van der Waals surface area contributed by atoms with Crippen molar-refractivity contribution in [1.82, 2.24) is 0 Å². The van der Waals surface area contributed by atoms with Gasteiger partial charge in [0.15, 0.2) is 0 Å². The zero-order valence-electron chi connectivity index (χ0n) is 16.8. The largest absolute Gasteiger partial charge is 0.394 e. The van der Waals surface area contributed by atoms with E-state index in [2.05, 4.69) is 6.92 Å². The molecule has 3 heteroatoms. The second kappa shape index (κ2) is 19.9. The fourth-order valence-electron chi connectivity index (χ4n) is 3.24. The van der Waals surface area contributed by atoms with Crippen LogP contribution in [-0.4, -0.2) is 28.7 Å². The lowest BCUT2D eigenvalue weighted by Gasteiger charge is -2.06. The Hall–Kier alpha value is -0.410. The topological polar surface area (TPSA) is 57.5 Å². The van der Waals surface area contributed by atoms with Gasteiger partial charge in [0.1, 0.15) is 5.78 Å². The van der Waals surface area contributed by atoms with Gasteiger partial charge in [0.25, 0.3) is 0 Å². The van der Waals surface area contributed by atoms with Crippen LogP contribution in [-0.2, 0) is 4.79 Å². The molecular weight excluding hydrogens is 312 g/mol. The first-order valence-corrected chi connectivity index (χ1v) is 11.0. The van der Waals surface area contributed by atoms with Crippen molar-refractivity contribution in [3.05, 3.63) is 0 Å². The summed E-state index contributed by atoms with van der Waals surface area (Å²) >= 11 is 0. The summed E-state index contributed by atoms with van der Waals surface area (Å²) in [5, 5.41) is 17.9. The molecule has 0 amide bonds. The molecule has 0 radical (unpaired) electrons. The monoisotopic (exact) mass is 356 g/mol. The van der Waals surface area contributed by atoms with E-state index in [1.165, 1.54) is 83.5 Å². The van der Waals surface area contributed by atoms with Gasteiger partial charge in [-0.1, -0.05) is 96.8 Å². The molecule has 0 aromatic rings. The van der Waals surface area contributed by atoms with Crippen LogP contribution in [0.1, 0.15) is 122 Å². The van der Waals surface area contributed by atoms with Crippen molar-refractivity contribution in [2.75, 3.05) is 6.61 Å².